The molecular weight excluding hydrogens is 240 g/mol. The average molecular weight is 266 g/mol. The number of aryl methyl sites for hydroxylation is 2. The highest BCUT2D eigenvalue weighted by atomic mass is 16.5. The third-order valence-corrected chi connectivity index (χ3v) is 3.44. The Morgan fingerprint density at radius 1 is 1.21 bits per heavy atom. The summed E-state index contributed by atoms with van der Waals surface area (Å²) in [4.78, 5) is 2.31. The number of ether oxygens (including phenoxy) is 1. The molecule has 5 nitrogen and oxygen atoms in total. The van der Waals surface area contributed by atoms with E-state index in [1.165, 1.54) is 0 Å². The number of hydrogen-bond donors (Lipinski definition) is 1. The van der Waals surface area contributed by atoms with Gasteiger partial charge in [0, 0.05) is 19.6 Å². The standard InChI is InChI=1S/C14H26N4O/c1-7-18-12(11(15)10(2)16-18)17-8-13(3,4)19-14(5,6)9-17/h7-9,15H2,1-6H3. The quantitative estimate of drug-likeness (QED) is 0.891. The molecular formula is C14H26N4O. The summed E-state index contributed by atoms with van der Waals surface area (Å²) in [5, 5.41) is 4.51. The number of rotatable bonds is 2. The van der Waals surface area contributed by atoms with E-state index in [0.717, 1.165) is 36.8 Å². The number of hydrogen-bond acceptors (Lipinski definition) is 4. The van der Waals surface area contributed by atoms with Crippen LogP contribution in [0.4, 0.5) is 11.5 Å². The van der Waals surface area contributed by atoms with Crippen molar-refractivity contribution in [1.82, 2.24) is 9.78 Å². The van der Waals surface area contributed by atoms with Crippen LogP contribution in [0.3, 0.4) is 0 Å². The highest BCUT2D eigenvalue weighted by Gasteiger charge is 2.39. The first-order valence-electron chi connectivity index (χ1n) is 6.93. The lowest BCUT2D eigenvalue weighted by atomic mass is 9.99. The SMILES string of the molecule is CCn1nc(C)c(N)c1N1CC(C)(C)OC(C)(C)C1. The first-order valence-corrected chi connectivity index (χ1v) is 6.93. The van der Waals surface area contributed by atoms with Crippen LogP contribution in [0.15, 0.2) is 0 Å². The van der Waals surface area contributed by atoms with Crippen LogP contribution in [-0.2, 0) is 11.3 Å². The van der Waals surface area contributed by atoms with E-state index in [0.29, 0.717) is 0 Å². The fraction of sp³-hybridized carbons (Fsp3) is 0.786. The molecule has 0 bridgehead atoms. The van der Waals surface area contributed by atoms with Crippen LogP contribution in [-0.4, -0.2) is 34.1 Å². The van der Waals surface area contributed by atoms with Gasteiger partial charge in [0.25, 0.3) is 0 Å². The van der Waals surface area contributed by atoms with Gasteiger partial charge in [-0.05, 0) is 41.5 Å². The van der Waals surface area contributed by atoms with E-state index >= 15 is 0 Å². The van der Waals surface area contributed by atoms with Gasteiger partial charge in [-0.2, -0.15) is 5.10 Å². The van der Waals surface area contributed by atoms with Crippen molar-refractivity contribution in [2.75, 3.05) is 23.7 Å². The zero-order chi connectivity index (χ0) is 14.4. The molecule has 0 unspecified atom stereocenters. The summed E-state index contributed by atoms with van der Waals surface area (Å²) in [5.41, 5.74) is 7.53. The molecule has 1 aromatic rings. The molecule has 0 atom stereocenters. The molecule has 0 amide bonds. The van der Waals surface area contributed by atoms with Gasteiger partial charge in [0.1, 0.15) is 0 Å². The van der Waals surface area contributed by atoms with Crippen molar-refractivity contribution in [3.63, 3.8) is 0 Å². The van der Waals surface area contributed by atoms with Crippen LogP contribution in [0, 0.1) is 6.92 Å². The summed E-state index contributed by atoms with van der Waals surface area (Å²) in [6.07, 6.45) is 0. The lowest BCUT2D eigenvalue weighted by molar-refractivity contribution is -0.133. The van der Waals surface area contributed by atoms with Crippen molar-refractivity contribution in [2.24, 2.45) is 0 Å². The first kappa shape index (κ1) is 14.2. The second-order valence-corrected chi connectivity index (χ2v) is 6.62. The number of nitrogen functional groups attached to an aromatic ring is 1. The van der Waals surface area contributed by atoms with E-state index in [4.69, 9.17) is 10.5 Å². The minimum Gasteiger partial charge on any atom is -0.394 e. The van der Waals surface area contributed by atoms with E-state index in [-0.39, 0.29) is 11.2 Å². The average Bonchev–Trinajstić information content (AvgIpc) is 2.50. The third-order valence-electron chi connectivity index (χ3n) is 3.44. The van der Waals surface area contributed by atoms with Gasteiger partial charge in [-0.25, -0.2) is 4.68 Å². The van der Waals surface area contributed by atoms with Crippen molar-refractivity contribution in [2.45, 2.75) is 59.3 Å². The highest BCUT2D eigenvalue weighted by molar-refractivity contribution is 5.66. The fourth-order valence-corrected chi connectivity index (χ4v) is 3.07. The number of aromatic nitrogens is 2. The van der Waals surface area contributed by atoms with E-state index in [2.05, 4.69) is 44.6 Å². The number of morpholine rings is 1. The lowest BCUT2D eigenvalue weighted by Gasteiger charge is -2.48. The van der Waals surface area contributed by atoms with Crippen molar-refractivity contribution >= 4 is 11.5 Å². The van der Waals surface area contributed by atoms with Crippen molar-refractivity contribution in [3.05, 3.63) is 5.69 Å². The minimum atomic E-state index is -0.190. The Labute approximate surface area is 115 Å². The van der Waals surface area contributed by atoms with E-state index in [9.17, 15) is 0 Å². The predicted molar refractivity (Wildman–Crippen MR) is 78.5 cm³/mol. The summed E-state index contributed by atoms with van der Waals surface area (Å²) in [6, 6.07) is 0. The van der Waals surface area contributed by atoms with Gasteiger partial charge in [-0.15, -0.1) is 0 Å². The van der Waals surface area contributed by atoms with Gasteiger partial charge < -0.3 is 15.4 Å². The molecule has 2 N–H and O–H groups in total. The molecule has 1 aromatic heterocycles. The predicted octanol–water partition coefficient (Wildman–Crippen LogP) is 2.19. The van der Waals surface area contributed by atoms with Crippen LogP contribution in [0.25, 0.3) is 0 Å². The van der Waals surface area contributed by atoms with Gasteiger partial charge in [-0.3, -0.25) is 0 Å². The molecule has 19 heavy (non-hydrogen) atoms. The van der Waals surface area contributed by atoms with Crippen molar-refractivity contribution < 1.29 is 4.74 Å². The van der Waals surface area contributed by atoms with Crippen LogP contribution < -0.4 is 10.6 Å². The topological polar surface area (TPSA) is 56.3 Å². The summed E-state index contributed by atoms with van der Waals surface area (Å²) in [6.45, 7) is 15.0. The Morgan fingerprint density at radius 3 is 2.21 bits per heavy atom. The summed E-state index contributed by atoms with van der Waals surface area (Å²) < 4.78 is 8.11. The lowest BCUT2D eigenvalue weighted by Crippen LogP contribution is -2.57. The van der Waals surface area contributed by atoms with Crippen LogP contribution in [0.5, 0.6) is 0 Å². The molecule has 1 fully saturated rings. The zero-order valence-electron chi connectivity index (χ0n) is 12.9. The summed E-state index contributed by atoms with van der Waals surface area (Å²) in [5.74, 6) is 1.03. The molecule has 108 valence electrons. The summed E-state index contributed by atoms with van der Waals surface area (Å²) >= 11 is 0. The Kier molecular flexibility index (Phi) is 3.29. The molecule has 1 saturated heterocycles. The second kappa shape index (κ2) is 4.40. The minimum absolute atomic E-state index is 0.190. The molecule has 2 heterocycles. The largest absolute Gasteiger partial charge is 0.394 e. The second-order valence-electron chi connectivity index (χ2n) is 6.62. The molecule has 0 spiro atoms. The van der Waals surface area contributed by atoms with Crippen LogP contribution >= 0.6 is 0 Å². The van der Waals surface area contributed by atoms with Gasteiger partial charge in [0.2, 0.25) is 0 Å². The van der Waals surface area contributed by atoms with Gasteiger partial charge in [-0.1, -0.05) is 0 Å². The number of nitrogens with zero attached hydrogens (tertiary/aromatic N) is 3. The molecule has 0 aromatic carbocycles. The summed E-state index contributed by atoms with van der Waals surface area (Å²) in [7, 11) is 0. The van der Waals surface area contributed by atoms with Gasteiger partial charge in [0.05, 0.1) is 22.6 Å². The molecule has 0 aliphatic carbocycles. The Bertz CT molecular complexity index is 460. The maximum atomic E-state index is 6.22. The Hall–Kier alpha value is -1.23. The molecule has 0 radical (unpaired) electrons. The molecule has 5 heteroatoms. The van der Waals surface area contributed by atoms with Crippen molar-refractivity contribution in [3.8, 4) is 0 Å². The maximum Gasteiger partial charge on any atom is 0.150 e. The number of anilines is 2. The van der Waals surface area contributed by atoms with Crippen molar-refractivity contribution in [1.29, 1.82) is 0 Å². The molecule has 1 aliphatic heterocycles. The fourth-order valence-electron chi connectivity index (χ4n) is 3.07. The Balaban J connectivity index is 2.41. The Morgan fingerprint density at radius 2 is 1.74 bits per heavy atom. The van der Waals surface area contributed by atoms with E-state index < -0.39 is 0 Å². The van der Waals surface area contributed by atoms with E-state index in [1.54, 1.807) is 0 Å². The highest BCUT2D eigenvalue weighted by Crippen LogP contribution is 2.35. The smallest absolute Gasteiger partial charge is 0.150 e. The van der Waals surface area contributed by atoms with Crippen LogP contribution in [0.1, 0.15) is 40.3 Å². The monoisotopic (exact) mass is 266 g/mol. The first-order chi connectivity index (χ1) is 8.65. The third kappa shape index (κ3) is 2.71. The van der Waals surface area contributed by atoms with Gasteiger partial charge in [0.15, 0.2) is 5.82 Å². The van der Waals surface area contributed by atoms with Gasteiger partial charge >= 0.3 is 0 Å². The molecule has 2 rings (SSSR count). The molecule has 1 aliphatic rings. The maximum absolute atomic E-state index is 6.22. The van der Waals surface area contributed by atoms with Crippen LogP contribution in [0.2, 0.25) is 0 Å². The zero-order valence-corrected chi connectivity index (χ0v) is 12.9. The number of nitrogens with two attached hydrogens (primary N) is 1. The molecule has 0 saturated carbocycles. The van der Waals surface area contributed by atoms with E-state index in [1.807, 2.05) is 11.6 Å². The normalized spacial score (nSPS) is 21.7.